The van der Waals surface area contributed by atoms with E-state index in [9.17, 15) is 21.6 Å². The van der Waals surface area contributed by atoms with Crippen LogP contribution in [0.4, 0.5) is 18.3 Å². The number of aromatic nitrogens is 1. The van der Waals surface area contributed by atoms with Gasteiger partial charge in [0.2, 0.25) is 0 Å². The van der Waals surface area contributed by atoms with Crippen LogP contribution in [0.25, 0.3) is 0 Å². The summed E-state index contributed by atoms with van der Waals surface area (Å²) in [6, 6.07) is 8.83. The van der Waals surface area contributed by atoms with Crippen molar-refractivity contribution in [1.29, 1.82) is 0 Å². The average molecular weight is 566 g/mol. The molecule has 2 aromatic carbocycles. The molecule has 11 heteroatoms. The number of nitrogens with zero attached hydrogens (tertiary/aromatic N) is 2. The molecule has 1 unspecified atom stereocenters. The number of hydrogen-bond donors (Lipinski definition) is 1. The maximum absolute atomic E-state index is 13.7. The minimum absolute atomic E-state index is 0.0139. The van der Waals surface area contributed by atoms with Crippen LogP contribution in [0.5, 0.6) is 5.75 Å². The van der Waals surface area contributed by atoms with E-state index < -0.39 is 27.4 Å². The monoisotopic (exact) mass is 565 g/mol. The van der Waals surface area contributed by atoms with Crippen molar-refractivity contribution in [3.8, 4) is 5.75 Å². The lowest BCUT2D eigenvalue weighted by atomic mass is 9.75. The van der Waals surface area contributed by atoms with Crippen LogP contribution in [0, 0.1) is 0 Å². The van der Waals surface area contributed by atoms with Crippen molar-refractivity contribution < 1.29 is 26.3 Å². The molecule has 3 heterocycles. The molecule has 0 aliphatic carbocycles. The first-order valence-electron chi connectivity index (χ1n) is 12.5. The van der Waals surface area contributed by atoms with Gasteiger partial charge < -0.3 is 9.64 Å². The third kappa shape index (κ3) is 5.55. The minimum atomic E-state index is -4.43. The van der Waals surface area contributed by atoms with Gasteiger partial charge >= 0.3 is 6.18 Å². The number of fused-ring (bicyclic) bond motifs is 1. The lowest BCUT2D eigenvalue weighted by molar-refractivity contribution is -0.137. The highest BCUT2D eigenvalue weighted by Gasteiger charge is 2.39. The molecule has 1 aromatic heterocycles. The second kappa shape index (κ2) is 9.84. The average Bonchev–Trinajstić information content (AvgIpc) is 3.34. The number of thiazole rings is 1. The Morgan fingerprint density at radius 1 is 1.08 bits per heavy atom. The Kier molecular flexibility index (Phi) is 6.98. The van der Waals surface area contributed by atoms with Gasteiger partial charge in [0.15, 0.2) is 5.13 Å². The zero-order chi connectivity index (χ0) is 27.3. The van der Waals surface area contributed by atoms with E-state index in [-0.39, 0.29) is 21.9 Å². The summed E-state index contributed by atoms with van der Waals surface area (Å²) in [5, 5.41) is 1.93. The van der Waals surface area contributed by atoms with Crippen molar-refractivity contribution >= 4 is 26.5 Å². The van der Waals surface area contributed by atoms with Gasteiger partial charge in [0.1, 0.15) is 11.4 Å². The molecular formula is C27H30F3N3O3S2. The van der Waals surface area contributed by atoms with Crippen LogP contribution in [-0.2, 0) is 16.2 Å². The molecule has 204 valence electrons. The van der Waals surface area contributed by atoms with Crippen molar-refractivity contribution in [3.63, 3.8) is 0 Å². The van der Waals surface area contributed by atoms with Gasteiger partial charge in [-0.05, 0) is 88.5 Å². The van der Waals surface area contributed by atoms with Gasteiger partial charge in [0.05, 0.1) is 10.5 Å². The summed E-state index contributed by atoms with van der Waals surface area (Å²) in [6.07, 6.45) is -0.806. The molecule has 2 aliphatic rings. The number of rotatable bonds is 5. The van der Waals surface area contributed by atoms with E-state index in [1.54, 1.807) is 17.5 Å². The fourth-order valence-electron chi connectivity index (χ4n) is 5.47. The van der Waals surface area contributed by atoms with E-state index in [0.717, 1.165) is 48.7 Å². The standard InChI is InChI=1S/C27H30F3N3O3S2/c1-26(2)16-23(20-6-4-18(27(28,29)30)14-22(20)17-8-11-33(3)12-9-17)21-7-5-19(15-24(21)36-26)38(34,35)32-25-31-10-13-37-25/h4-7,10,13-15,17,23H,8-9,11-12,16H2,1-3H3,(H,31,32). The number of halogens is 3. The Morgan fingerprint density at radius 3 is 2.45 bits per heavy atom. The molecule has 1 N–H and O–H groups in total. The minimum Gasteiger partial charge on any atom is -0.487 e. The maximum atomic E-state index is 13.7. The molecule has 0 spiro atoms. The molecule has 0 bridgehead atoms. The third-order valence-electron chi connectivity index (χ3n) is 7.35. The quantitative estimate of drug-likeness (QED) is 0.384. The van der Waals surface area contributed by atoms with E-state index in [1.807, 2.05) is 20.9 Å². The van der Waals surface area contributed by atoms with Gasteiger partial charge in [-0.1, -0.05) is 12.1 Å². The number of hydrogen-bond acceptors (Lipinski definition) is 6. The van der Waals surface area contributed by atoms with Crippen molar-refractivity contribution in [1.82, 2.24) is 9.88 Å². The van der Waals surface area contributed by atoms with E-state index >= 15 is 0 Å². The Morgan fingerprint density at radius 2 is 1.79 bits per heavy atom. The van der Waals surface area contributed by atoms with Gasteiger partial charge in [0.25, 0.3) is 10.0 Å². The molecule has 0 radical (unpaired) electrons. The zero-order valence-electron chi connectivity index (χ0n) is 21.4. The summed E-state index contributed by atoms with van der Waals surface area (Å²) < 4.78 is 75.9. The number of alkyl halides is 3. The lowest BCUT2D eigenvalue weighted by Crippen LogP contribution is -2.36. The van der Waals surface area contributed by atoms with Crippen LogP contribution < -0.4 is 9.46 Å². The highest BCUT2D eigenvalue weighted by atomic mass is 32.2. The summed E-state index contributed by atoms with van der Waals surface area (Å²) in [6.45, 7) is 5.47. The fourth-order valence-corrected chi connectivity index (χ4v) is 7.27. The largest absolute Gasteiger partial charge is 0.487 e. The van der Waals surface area contributed by atoms with Gasteiger partial charge in [-0.2, -0.15) is 13.2 Å². The Bertz CT molecular complexity index is 1420. The molecule has 6 nitrogen and oxygen atoms in total. The number of likely N-dealkylation sites (tertiary alicyclic amines) is 1. The Hall–Kier alpha value is -2.63. The second-order valence-electron chi connectivity index (χ2n) is 10.7. The van der Waals surface area contributed by atoms with Gasteiger partial charge in [-0.25, -0.2) is 13.4 Å². The highest BCUT2D eigenvalue weighted by molar-refractivity contribution is 7.93. The number of piperidine rings is 1. The van der Waals surface area contributed by atoms with E-state index in [2.05, 4.69) is 14.6 Å². The van der Waals surface area contributed by atoms with Crippen LogP contribution >= 0.6 is 11.3 Å². The van der Waals surface area contributed by atoms with Crippen molar-refractivity contribution in [2.24, 2.45) is 0 Å². The van der Waals surface area contributed by atoms with Crippen molar-refractivity contribution in [2.75, 3.05) is 24.9 Å². The van der Waals surface area contributed by atoms with Crippen LogP contribution in [0.3, 0.4) is 0 Å². The van der Waals surface area contributed by atoms with Crippen LogP contribution in [0.2, 0.25) is 0 Å². The van der Waals surface area contributed by atoms with E-state index in [4.69, 9.17) is 4.74 Å². The Labute approximate surface area is 224 Å². The number of nitrogens with one attached hydrogen (secondary N) is 1. The smallest absolute Gasteiger partial charge is 0.416 e. The summed E-state index contributed by atoms with van der Waals surface area (Å²) >= 11 is 1.17. The van der Waals surface area contributed by atoms with Gasteiger partial charge in [-0.15, -0.1) is 11.3 Å². The number of benzene rings is 2. The maximum Gasteiger partial charge on any atom is 0.416 e. The van der Waals surface area contributed by atoms with E-state index in [0.29, 0.717) is 12.2 Å². The molecule has 2 aliphatic heterocycles. The first kappa shape index (κ1) is 27.0. The summed E-state index contributed by atoms with van der Waals surface area (Å²) in [4.78, 5) is 6.21. The number of ether oxygens (including phenoxy) is 1. The van der Waals surface area contributed by atoms with Crippen LogP contribution in [0.15, 0.2) is 52.9 Å². The summed E-state index contributed by atoms with van der Waals surface area (Å²) in [7, 11) is -1.88. The molecule has 3 aromatic rings. The van der Waals surface area contributed by atoms with Gasteiger partial charge in [-0.3, -0.25) is 4.72 Å². The third-order valence-corrected chi connectivity index (χ3v) is 9.51. The van der Waals surface area contributed by atoms with Gasteiger partial charge in [0, 0.05) is 29.1 Å². The Balaban J connectivity index is 1.58. The van der Waals surface area contributed by atoms with Crippen LogP contribution in [-0.4, -0.2) is 44.0 Å². The zero-order valence-corrected chi connectivity index (χ0v) is 23.0. The molecule has 38 heavy (non-hydrogen) atoms. The molecular weight excluding hydrogens is 535 g/mol. The highest BCUT2D eigenvalue weighted by Crippen LogP contribution is 2.48. The normalized spacial score (nSPS) is 20.5. The van der Waals surface area contributed by atoms with Crippen molar-refractivity contribution in [2.45, 2.75) is 61.6 Å². The van der Waals surface area contributed by atoms with Crippen molar-refractivity contribution in [3.05, 3.63) is 70.2 Å². The predicted octanol–water partition coefficient (Wildman–Crippen LogP) is 6.46. The SMILES string of the molecule is CN1CCC(c2cc(C(F)(F)F)ccc2C2CC(C)(C)Oc3cc(S(=O)(=O)Nc4nccs4)ccc32)CC1. The summed E-state index contributed by atoms with van der Waals surface area (Å²) in [5.74, 6) is 0.192. The second-order valence-corrected chi connectivity index (χ2v) is 13.3. The number of sulfonamides is 1. The topological polar surface area (TPSA) is 71.5 Å². The first-order valence-corrected chi connectivity index (χ1v) is 14.8. The molecule has 0 amide bonds. The molecule has 0 saturated carbocycles. The summed E-state index contributed by atoms with van der Waals surface area (Å²) in [5.41, 5.74) is 1.04. The molecule has 5 rings (SSSR count). The van der Waals surface area contributed by atoms with E-state index in [1.165, 1.54) is 35.7 Å². The molecule has 1 fully saturated rings. The first-order chi connectivity index (χ1) is 17.8. The number of anilines is 1. The van der Waals surface area contributed by atoms with Crippen LogP contribution in [0.1, 0.15) is 67.2 Å². The lowest BCUT2D eigenvalue weighted by Gasteiger charge is -2.40. The fraction of sp³-hybridized carbons (Fsp3) is 0.444. The molecule has 1 saturated heterocycles. The molecule has 1 atom stereocenters. The predicted molar refractivity (Wildman–Crippen MR) is 141 cm³/mol.